The summed E-state index contributed by atoms with van der Waals surface area (Å²) in [5, 5.41) is 12.7. The fourth-order valence-corrected chi connectivity index (χ4v) is 4.91. The van der Waals surface area contributed by atoms with E-state index < -0.39 is 6.04 Å². The Hall–Kier alpha value is -3.31. The number of nitrogens with one attached hydrogen (secondary N) is 1. The number of pyridine rings is 1. The summed E-state index contributed by atoms with van der Waals surface area (Å²) < 4.78 is 11.2. The number of nitrogens with zero attached hydrogens (tertiary/aromatic N) is 4. The zero-order valence-corrected chi connectivity index (χ0v) is 19.3. The third-order valence-corrected chi connectivity index (χ3v) is 6.56. The van der Waals surface area contributed by atoms with Crippen molar-refractivity contribution >= 4 is 11.7 Å². The van der Waals surface area contributed by atoms with Crippen molar-refractivity contribution in [1.82, 2.24) is 15.2 Å². The normalized spacial score (nSPS) is 17.9. The zero-order chi connectivity index (χ0) is 23.2. The zero-order valence-electron chi connectivity index (χ0n) is 19.3. The van der Waals surface area contributed by atoms with E-state index in [4.69, 9.17) is 9.47 Å². The predicted octanol–water partition coefficient (Wildman–Crippen LogP) is 2.89. The average molecular weight is 450 g/mol. The van der Waals surface area contributed by atoms with Gasteiger partial charge in [0.05, 0.1) is 19.8 Å². The maximum atomic E-state index is 13.6. The standard InChI is InChI=1S/C25H31N5O3/c1-32-21-11-5-10-20(23(21)33-2)22(25(31)28-19-8-3-4-9-19)29-13-15-30(16-14-29)24-18(17-26)7-6-12-27-24/h5-7,10-12,19,22H,3-4,8-9,13-16H2,1-2H3,(H,28,31). The molecule has 2 aromatic rings. The van der Waals surface area contributed by atoms with Crippen LogP contribution < -0.4 is 19.7 Å². The lowest BCUT2D eigenvalue weighted by Gasteiger charge is -2.40. The summed E-state index contributed by atoms with van der Waals surface area (Å²) in [5.41, 5.74) is 1.37. The molecule has 1 unspecified atom stereocenters. The Bertz CT molecular complexity index is 1010. The number of aromatic nitrogens is 1. The molecule has 174 valence electrons. The van der Waals surface area contributed by atoms with Gasteiger partial charge in [-0.15, -0.1) is 0 Å². The van der Waals surface area contributed by atoms with Crippen LogP contribution in [0.2, 0.25) is 0 Å². The molecule has 0 bridgehead atoms. The SMILES string of the molecule is COc1cccc(C(C(=O)NC2CCCC2)N2CCN(c3ncccc3C#N)CC2)c1OC. The molecule has 0 spiro atoms. The molecular formula is C25H31N5O3. The van der Waals surface area contributed by atoms with E-state index in [1.807, 2.05) is 18.2 Å². The molecule has 1 aromatic carbocycles. The number of amides is 1. The molecule has 1 N–H and O–H groups in total. The van der Waals surface area contributed by atoms with Crippen LogP contribution in [0.25, 0.3) is 0 Å². The Balaban J connectivity index is 1.59. The van der Waals surface area contributed by atoms with Crippen molar-refractivity contribution in [1.29, 1.82) is 5.26 Å². The largest absolute Gasteiger partial charge is 0.493 e. The van der Waals surface area contributed by atoms with Gasteiger partial charge in [-0.1, -0.05) is 25.0 Å². The van der Waals surface area contributed by atoms with Crippen molar-refractivity contribution in [2.75, 3.05) is 45.3 Å². The quantitative estimate of drug-likeness (QED) is 0.695. The number of carbonyl (C=O) groups is 1. The maximum Gasteiger partial charge on any atom is 0.242 e. The lowest BCUT2D eigenvalue weighted by molar-refractivity contribution is -0.127. The second-order valence-electron chi connectivity index (χ2n) is 8.48. The highest BCUT2D eigenvalue weighted by molar-refractivity contribution is 5.84. The van der Waals surface area contributed by atoms with E-state index in [1.165, 1.54) is 0 Å². The summed E-state index contributed by atoms with van der Waals surface area (Å²) >= 11 is 0. The van der Waals surface area contributed by atoms with Gasteiger partial charge in [-0.05, 0) is 31.0 Å². The van der Waals surface area contributed by atoms with E-state index in [2.05, 4.69) is 26.2 Å². The number of hydrogen-bond acceptors (Lipinski definition) is 7. The van der Waals surface area contributed by atoms with Gasteiger partial charge in [0, 0.05) is 44.0 Å². The first kappa shape index (κ1) is 22.9. The van der Waals surface area contributed by atoms with E-state index >= 15 is 0 Å². The van der Waals surface area contributed by atoms with Crippen LogP contribution in [0.15, 0.2) is 36.5 Å². The molecule has 1 aliphatic heterocycles. The number of methoxy groups -OCH3 is 2. The van der Waals surface area contributed by atoms with E-state index in [1.54, 1.807) is 32.5 Å². The first-order valence-corrected chi connectivity index (χ1v) is 11.5. The topological polar surface area (TPSA) is 90.7 Å². The number of nitriles is 1. The summed E-state index contributed by atoms with van der Waals surface area (Å²) in [6, 6.07) is 11.2. The van der Waals surface area contributed by atoms with Crippen LogP contribution in [0.4, 0.5) is 5.82 Å². The van der Waals surface area contributed by atoms with Crippen LogP contribution in [0, 0.1) is 11.3 Å². The molecule has 8 heteroatoms. The van der Waals surface area contributed by atoms with Gasteiger partial charge in [-0.3, -0.25) is 9.69 Å². The average Bonchev–Trinajstić information content (AvgIpc) is 3.37. The molecule has 4 rings (SSSR count). The predicted molar refractivity (Wildman–Crippen MR) is 125 cm³/mol. The number of hydrogen-bond donors (Lipinski definition) is 1. The van der Waals surface area contributed by atoms with Crippen LogP contribution in [-0.4, -0.2) is 62.2 Å². The molecule has 33 heavy (non-hydrogen) atoms. The highest BCUT2D eigenvalue weighted by Crippen LogP contribution is 2.38. The number of anilines is 1. The van der Waals surface area contributed by atoms with E-state index in [0.29, 0.717) is 49.1 Å². The minimum absolute atomic E-state index is 0.00236. The minimum Gasteiger partial charge on any atom is -0.493 e. The van der Waals surface area contributed by atoms with Gasteiger partial charge in [0.15, 0.2) is 11.5 Å². The van der Waals surface area contributed by atoms with Gasteiger partial charge >= 0.3 is 0 Å². The Kier molecular flexibility index (Phi) is 7.30. The van der Waals surface area contributed by atoms with Crippen molar-refractivity contribution in [2.24, 2.45) is 0 Å². The molecule has 0 radical (unpaired) electrons. The van der Waals surface area contributed by atoms with Crippen LogP contribution in [-0.2, 0) is 4.79 Å². The molecule has 1 atom stereocenters. The third kappa shape index (κ3) is 4.88. The molecule has 2 heterocycles. The van der Waals surface area contributed by atoms with E-state index in [-0.39, 0.29) is 11.9 Å². The fourth-order valence-electron chi connectivity index (χ4n) is 4.91. The molecule has 2 aliphatic rings. The van der Waals surface area contributed by atoms with Gasteiger partial charge < -0.3 is 19.7 Å². The molecular weight excluding hydrogens is 418 g/mol. The second-order valence-corrected chi connectivity index (χ2v) is 8.48. The van der Waals surface area contributed by atoms with Crippen molar-refractivity contribution in [3.05, 3.63) is 47.7 Å². The number of benzene rings is 1. The van der Waals surface area contributed by atoms with Crippen molar-refractivity contribution in [3.8, 4) is 17.6 Å². The molecule has 1 amide bonds. The van der Waals surface area contributed by atoms with Crippen LogP contribution in [0.1, 0.15) is 42.9 Å². The first-order chi connectivity index (χ1) is 16.2. The summed E-state index contributed by atoms with van der Waals surface area (Å²) in [4.78, 5) is 22.3. The lowest BCUT2D eigenvalue weighted by Crippen LogP contribution is -2.52. The van der Waals surface area contributed by atoms with Gasteiger partial charge in [0.1, 0.15) is 17.9 Å². The van der Waals surface area contributed by atoms with E-state index in [9.17, 15) is 10.1 Å². The molecule has 1 aromatic heterocycles. The van der Waals surface area contributed by atoms with Crippen molar-refractivity contribution in [2.45, 2.75) is 37.8 Å². The van der Waals surface area contributed by atoms with Crippen molar-refractivity contribution < 1.29 is 14.3 Å². The summed E-state index contributed by atoms with van der Waals surface area (Å²) in [6.45, 7) is 2.66. The third-order valence-electron chi connectivity index (χ3n) is 6.56. The Morgan fingerprint density at radius 1 is 1.12 bits per heavy atom. The smallest absolute Gasteiger partial charge is 0.242 e. The van der Waals surface area contributed by atoms with Crippen LogP contribution in [0.3, 0.4) is 0 Å². The van der Waals surface area contributed by atoms with Gasteiger partial charge in [0.25, 0.3) is 0 Å². The van der Waals surface area contributed by atoms with Gasteiger partial charge in [-0.2, -0.15) is 5.26 Å². The number of piperazine rings is 1. The van der Waals surface area contributed by atoms with Crippen LogP contribution in [0.5, 0.6) is 11.5 Å². The molecule has 1 saturated heterocycles. The van der Waals surface area contributed by atoms with Gasteiger partial charge in [-0.25, -0.2) is 4.98 Å². The highest BCUT2D eigenvalue weighted by Gasteiger charge is 2.35. The molecule has 1 saturated carbocycles. The summed E-state index contributed by atoms with van der Waals surface area (Å²) in [7, 11) is 3.21. The number of para-hydroxylation sites is 1. The summed E-state index contributed by atoms with van der Waals surface area (Å²) in [6.07, 6.45) is 6.07. The Labute approximate surface area is 195 Å². The van der Waals surface area contributed by atoms with Gasteiger partial charge in [0.2, 0.25) is 5.91 Å². The summed E-state index contributed by atoms with van der Waals surface area (Å²) in [5.74, 6) is 1.90. The number of ether oxygens (including phenoxy) is 2. The molecule has 8 nitrogen and oxygen atoms in total. The Morgan fingerprint density at radius 2 is 1.88 bits per heavy atom. The molecule has 1 aliphatic carbocycles. The lowest BCUT2D eigenvalue weighted by atomic mass is 10.0. The highest BCUT2D eigenvalue weighted by atomic mass is 16.5. The number of rotatable bonds is 7. The Morgan fingerprint density at radius 3 is 2.55 bits per heavy atom. The minimum atomic E-state index is -0.489. The first-order valence-electron chi connectivity index (χ1n) is 11.5. The monoisotopic (exact) mass is 449 g/mol. The van der Waals surface area contributed by atoms with E-state index in [0.717, 1.165) is 31.2 Å². The molecule has 2 fully saturated rings. The maximum absolute atomic E-state index is 13.6. The van der Waals surface area contributed by atoms with Crippen molar-refractivity contribution in [3.63, 3.8) is 0 Å². The fraction of sp³-hybridized carbons (Fsp3) is 0.480. The van der Waals surface area contributed by atoms with Crippen LogP contribution >= 0.6 is 0 Å². The second kappa shape index (κ2) is 10.5. The number of carbonyl (C=O) groups excluding carboxylic acids is 1.